The fourth-order valence-corrected chi connectivity index (χ4v) is 3.62. The van der Waals surface area contributed by atoms with Crippen molar-refractivity contribution in [3.05, 3.63) is 0 Å². The predicted molar refractivity (Wildman–Crippen MR) is 63.9 cm³/mol. The largest absolute Gasteiger partial charge is 0.259 e. The van der Waals surface area contributed by atoms with Crippen LogP contribution in [0.15, 0.2) is 0 Å². The Hall–Kier alpha value is -0.360. The van der Waals surface area contributed by atoms with Crippen LogP contribution in [0.2, 0.25) is 0 Å². The third-order valence-corrected chi connectivity index (χ3v) is 5.20. The summed E-state index contributed by atoms with van der Waals surface area (Å²) >= 11 is 0. The Balaban J connectivity index is 2.28. The van der Waals surface area contributed by atoms with Crippen molar-refractivity contribution in [1.29, 1.82) is 5.26 Å². The minimum Gasteiger partial charge on any atom is -0.259 e. The third kappa shape index (κ3) is 4.34. The summed E-state index contributed by atoms with van der Waals surface area (Å²) in [6, 6.07) is 2.10. The van der Waals surface area contributed by atoms with Gasteiger partial charge < -0.3 is 0 Å². The molecular weight excluding hydrogens is 206 g/mol. The Bertz CT molecular complexity index is 257. The average Bonchev–Trinajstić information content (AvgIpc) is 2.18. The quantitative estimate of drug-likeness (QED) is 0.693. The van der Waals surface area contributed by atoms with E-state index in [4.69, 9.17) is 5.26 Å². The van der Waals surface area contributed by atoms with Gasteiger partial charge in [-0.25, -0.2) is 0 Å². The molecule has 0 radical (unpaired) electrons. The van der Waals surface area contributed by atoms with E-state index in [1.165, 1.54) is 12.8 Å². The summed E-state index contributed by atoms with van der Waals surface area (Å²) in [5, 5.41) is 8.81. The van der Waals surface area contributed by atoms with Crippen LogP contribution in [0.1, 0.15) is 52.4 Å². The van der Waals surface area contributed by atoms with Gasteiger partial charge in [0.15, 0.2) is 0 Å². The number of nitriles is 1. The van der Waals surface area contributed by atoms with E-state index in [-0.39, 0.29) is 0 Å². The Morgan fingerprint density at radius 1 is 1.40 bits per heavy atom. The van der Waals surface area contributed by atoms with Gasteiger partial charge in [0.1, 0.15) is 0 Å². The molecular formula is C12H21NOS. The second-order valence-electron chi connectivity index (χ2n) is 5.21. The van der Waals surface area contributed by atoms with Crippen molar-refractivity contribution in [2.75, 3.05) is 5.75 Å². The van der Waals surface area contributed by atoms with Crippen molar-refractivity contribution in [3.8, 4) is 6.07 Å². The first-order valence-corrected chi connectivity index (χ1v) is 7.17. The van der Waals surface area contributed by atoms with E-state index in [9.17, 15) is 4.21 Å². The Morgan fingerprint density at radius 3 is 2.53 bits per heavy atom. The van der Waals surface area contributed by atoms with Gasteiger partial charge in [0, 0.05) is 28.2 Å². The molecule has 0 aromatic carbocycles. The lowest BCUT2D eigenvalue weighted by Crippen LogP contribution is -2.28. The highest BCUT2D eigenvalue weighted by Gasteiger charge is 2.29. The Kier molecular flexibility index (Phi) is 4.79. The van der Waals surface area contributed by atoms with Crippen molar-refractivity contribution >= 4 is 10.8 Å². The van der Waals surface area contributed by atoms with Gasteiger partial charge in [0.05, 0.1) is 6.07 Å². The maximum absolute atomic E-state index is 11.9. The van der Waals surface area contributed by atoms with Crippen molar-refractivity contribution < 1.29 is 4.21 Å². The van der Waals surface area contributed by atoms with Crippen LogP contribution in [0.25, 0.3) is 0 Å². The van der Waals surface area contributed by atoms with Gasteiger partial charge in [-0.05, 0) is 37.5 Å². The molecule has 0 aliphatic heterocycles. The summed E-state index contributed by atoms with van der Waals surface area (Å²) < 4.78 is 11.9. The molecule has 86 valence electrons. The lowest BCUT2D eigenvalue weighted by Gasteiger charge is -2.33. The highest BCUT2D eigenvalue weighted by Crippen LogP contribution is 2.36. The average molecular weight is 227 g/mol. The molecule has 0 bridgehead atoms. The number of nitrogens with zero attached hydrogens (tertiary/aromatic N) is 1. The van der Waals surface area contributed by atoms with Gasteiger partial charge in [-0.2, -0.15) is 5.26 Å². The van der Waals surface area contributed by atoms with Crippen molar-refractivity contribution in [2.45, 2.75) is 57.6 Å². The molecule has 1 aliphatic carbocycles. The molecule has 0 aromatic heterocycles. The molecule has 15 heavy (non-hydrogen) atoms. The molecule has 0 aromatic rings. The molecule has 1 aliphatic rings. The zero-order chi connectivity index (χ0) is 11.3. The van der Waals surface area contributed by atoms with Crippen LogP contribution in [0.4, 0.5) is 0 Å². The van der Waals surface area contributed by atoms with Crippen LogP contribution in [0.3, 0.4) is 0 Å². The maximum atomic E-state index is 11.9. The SMILES string of the molecule is CC1(C)CCC([S@@](=O)CCCC#N)CC1. The predicted octanol–water partition coefficient (Wildman–Crippen LogP) is 3.01. The molecule has 1 rings (SSSR count). The van der Waals surface area contributed by atoms with Crippen LogP contribution >= 0.6 is 0 Å². The minimum absolute atomic E-state index is 0.400. The summed E-state index contributed by atoms with van der Waals surface area (Å²) in [7, 11) is -0.692. The van der Waals surface area contributed by atoms with Crippen LogP contribution in [-0.4, -0.2) is 15.2 Å². The lowest BCUT2D eigenvalue weighted by atomic mass is 9.77. The summed E-state index contributed by atoms with van der Waals surface area (Å²) in [5.74, 6) is 0.721. The highest BCUT2D eigenvalue weighted by molar-refractivity contribution is 7.85. The Labute approximate surface area is 95.5 Å². The molecule has 0 spiro atoms. The van der Waals surface area contributed by atoms with Crippen LogP contribution in [-0.2, 0) is 10.8 Å². The smallest absolute Gasteiger partial charge is 0.0622 e. The van der Waals surface area contributed by atoms with Gasteiger partial charge in [-0.3, -0.25) is 4.21 Å². The van der Waals surface area contributed by atoms with E-state index in [0.29, 0.717) is 17.1 Å². The second kappa shape index (κ2) is 5.65. The molecule has 0 saturated heterocycles. The summed E-state index contributed by atoms with van der Waals surface area (Å²) in [6.07, 6.45) is 5.94. The van der Waals surface area contributed by atoms with E-state index in [1.54, 1.807) is 0 Å². The maximum Gasteiger partial charge on any atom is 0.0622 e. The third-order valence-electron chi connectivity index (χ3n) is 3.29. The lowest BCUT2D eigenvalue weighted by molar-refractivity contribution is 0.248. The Morgan fingerprint density at radius 2 is 2.00 bits per heavy atom. The van der Waals surface area contributed by atoms with Gasteiger partial charge in [-0.1, -0.05) is 13.8 Å². The fraction of sp³-hybridized carbons (Fsp3) is 0.917. The number of hydrogen-bond acceptors (Lipinski definition) is 2. The van der Waals surface area contributed by atoms with E-state index in [1.807, 2.05) is 0 Å². The molecule has 0 unspecified atom stereocenters. The summed E-state index contributed by atoms with van der Waals surface area (Å²) in [6.45, 7) is 4.59. The zero-order valence-corrected chi connectivity index (χ0v) is 10.6. The second-order valence-corrected chi connectivity index (χ2v) is 7.05. The molecule has 0 N–H and O–H groups in total. The standard InChI is InChI=1S/C12H21NOS/c1-12(2)7-5-11(6-8-12)15(14)10-4-3-9-13/h11H,3-8,10H2,1-2H3/t15-/m0/s1. The first kappa shape index (κ1) is 12.7. The van der Waals surface area contributed by atoms with Crippen LogP contribution in [0.5, 0.6) is 0 Å². The normalized spacial score (nSPS) is 23.3. The zero-order valence-electron chi connectivity index (χ0n) is 9.79. The van der Waals surface area contributed by atoms with E-state index < -0.39 is 10.8 Å². The van der Waals surface area contributed by atoms with Gasteiger partial charge in [-0.15, -0.1) is 0 Å². The summed E-state index contributed by atoms with van der Waals surface area (Å²) in [5.41, 5.74) is 0.452. The first-order valence-electron chi connectivity index (χ1n) is 5.79. The summed E-state index contributed by atoms with van der Waals surface area (Å²) in [4.78, 5) is 0. The van der Waals surface area contributed by atoms with Gasteiger partial charge in [0.25, 0.3) is 0 Å². The first-order chi connectivity index (χ1) is 7.05. The topological polar surface area (TPSA) is 40.9 Å². The van der Waals surface area contributed by atoms with E-state index >= 15 is 0 Å². The number of rotatable bonds is 4. The minimum atomic E-state index is -0.692. The molecule has 0 heterocycles. The van der Waals surface area contributed by atoms with E-state index in [0.717, 1.165) is 25.0 Å². The van der Waals surface area contributed by atoms with Crippen molar-refractivity contribution in [3.63, 3.8) is 0 Å². The molecule has 2 nitrogen and oxygen atoms in total. The van der Waals surface area contributed by atoms with E-state index in [2.05, 4.69) is 19.9 Å². The molecule has 0 amide bonds. The molecule has 1 fully saturated rings. The molecule has 1 atom stereocenters. The van der Waals surface area contributed by atoms with Crippen molar-refractivity contribution in [1.82, 2.24) is 0 Å². The monoisotopic (exact) mass is 227 g/mol. The number of unbranched alkanes of at least 4 members (excludes halogenated alkanes) is 1. The van der Waals surface area contributed by atoms with Crippen LogP contribution < -0.4 is 0 Å². The fourth-order valence-electron chi connectivity index (χ4n) is 2.10. The molecule has 3 heteroatoms. The molecule has 1 saturated carbocycles. The van der Waals surface area contributed by atoms with Crippen LogP contribution in [0, 0.1) is 16.7 Å². The van der Waals surface area contributed by atoms with Crippen molar-refractivity contribution in [2.24, 2.45) is 5.41 Å². The highest BCUT2D eigenvalue weighted by atomic mass is 32.2. The van der Waals surface area contributed by atoms with Gasteiger partial charge in [0.2, 0.25) is 0 Å². The number of hydrogen-bond donors (Lipinski definition) is 0. The van der Waals surface area contributed by atoms with Gasteiger partial charge >= 0.3 is 0 Å².